The van der Waals surface area contributed by atoms with Gasteiger partial charge in [0, 0.05) is 31.8 Å². The summed E-state index contributed by atoms with van der Waals surface area (Å²) < 4.78 is 0. The van der Waals surface area contributed by atoms with Gasteiger partial charge in [0.2, 0.25) is 23.6 Å². The summed E-state index contributed by atoms with van der Waals surface area (Å²) in [6.07, 6.45) is 14.5. The Morgan fingerprint density at radius 3 is 2.06 bits per heavy atom. The van der Waals surface area contributed by atoms with E-state index in [1.54, 1.807) is 23.8 Å². The monoisotopic (exact) mass is 660 g/mol. The number of unbranched alkanes of at least 4 members (excludes halogenated alkanes) is 6. The van der Waals surface area contributed by atoms with Crippen LogP contribution in [0.25, 0.3) is 0 Å². The Morgan fingerprint density at radius 1 is 0.851 bits per heavy atom. The summed E-state index contributed by atoms with van der Waals surface area (Å²) in [5.74, 6) is -0.459. The van der Waals surface area contributed by atoms with E-state index in [4.69, 9.17) is 0 Å². The number of hydrogen-bond donors (Lipinski definition) is 2. The first kappa shape index (κ1) is 40.8. The van der Waals surface area contributed by atoms with Crippen LogP contribution in [0.15, 0.2) is 11.6 Å². The Hall–Kier alpha value is -2.42. The number of rotatable bonds is 17. The second-order valence-electron chi connectivity index (χ2n) is 15.8. The lowest BCUT2D eigenvalue weighted by molar-refractivity contribution is -0.142. The van der Waals surface area contributed by atoms with Crippen LogP contribution in [-0.4, -0.2) is 95.2 Å². The van der Waals surface area contributed by atoms with E-state index in [0.29, 0.717) is 25.1 Å². The molecule has 0 aromatic carbocycles. The first-order valence-corrected chi connectivity index (χ1v) is 18.7. The summed E-state index contributed by atoms with van der Waals surface area (Å²) in [5, 5.41) is 6.22. The summed E-state index contributed by atoms with van der Waals surface area (Å²) in [5.41, 5.74) is 0.0147. The summed E-state index contributed by atoms with van der Waals surface area (Å²) in [6.45, 7) is 20.3. The van der Waals surface area contributed by atoms with Crippen molar-refractivity contribution >= 4 is 23.6 Å². The molecule has 47 heavy (non-hydrogen) atoms. The predicted molar refractivity (Wildman–Crippen MR) is 192 cm³/mol. The van der Waals surface area contributed by atoms with Gasteiger partial charge in [-0.05, 0) is 70.8 Å². The van der Waals surface area contributed by atoms with Crippen LogP contribution in [0, 0.1) is 11.3 Å². The van der Waals surface area contributed by atoms with E-state index < -0.39 is 17.5 Å². The highest BCUT2D eigenvalue weighted by Gasteiger charge is 2.40. The highest BCUT2D eigenvalue weighted by Crippen LogP contribution is 2.27. The first-order valence-electron chi connectivity index (χ1n) is 18.7. The normalized spacial score (nSPS) is 20.8. The lowest BCUT2D eigenvalue weighted by Gasteiger charge is -2.41. The molecule has 0 spiro atoms. The average molecular weight is 660 g/mol. The number of likely N-dealkylation sites (N-methyl/N-ethyl adjacent to an activating group) is 1. The average Bonchev–Trinajstić information content (AvgIpc) is 3.52. The van der Waals surface area contributed by atoms with E-state index >= 15 is 0 Å². The van der Waals surface area contributed by atoms with Gasteiger partial charge in [-0.1, -0.05) is 92.6 Å². The zero-order valence-corrected chi connectivity index (χ0v) is 31.6. The minimum Gasteiger partial charge on any atom is -0.354 e. The van der Waals surface area contributed by atoms with Crippen LogP contribution in [-0.2, 0) is 19.2 Å². The molecule has 2 saturated heterocycles. The van der Waals surface area contributed by atoms with Gasteiger partial charge in [-0.15, -0.1) is 0 Å². The maximum absolute atomic E-state index is 14.2. The molecular formula is C38H69N5O4. The second-order valence-corrected chi connectivity index (χ2v) is 15.8. The topological polar surface area (TPSA) is 102 Å². The van der Waals surface area contributed by atoms with Crippen LogP contribution in [0.1, 0.15) is 139 Å². The van der Waals surface area contributed by atoms with Crippen molar-refractivity contribution < 1.29 is 19.2 Å². The Balaban J connectivity index is 2.10. The quantitative estimate of drug-likeness (QED) is 0.146. The van der Waals surface area contributed by atoms with Gasteiger partial charge in [0.15, 0.2) is 0 Å². The minimum atomic E-state index is -0.718. The molecule has 2 rings (SSSR count). The zero-order chi connectivity index (χ0) is 35.3. The van der Waals surface area contributed by atoms with Crippen molar-refractivity contribution in [3.8, 4) is 0 Å². The van der Waals surface area contributed by atoms with Crippen LogP contribution in [0.3, 0.4) is 0 Å². The third-order valence-corrected chi connectivity index (χ3v) is 10.0. The SMILES string of the molecule is CCCCCCCCCNC(=O)[C@@H]1CCCN1C(=O)C(C)=CC(C(C)C)N(C)C(=O)[C@@H](NC(=O)[C@H]1CCCCN1C(C)C)C(C)(C)C. The first-order chi connectivity index (χ1) is 22.1. The molecule has 270 valence electrons. The molecular weight excluding hydrogens is 590 g/mol. The summed E-state index contributed by atoms with van der Waals surface area (Å²) in [4.78, 5) is 60.2. The number of amides is 4. The smallest absolute Gasteiger partial charge is 0.249 e. The molecule has 4 amide bonds. The van der Waals surface area contributed by atoms with Crippen molar-refractivity contribution in [1.82, 2.24) is 25.3 Å². The molecule has 0 aliphatic carbocycles. The van der Waals surface area contributed by atoms with E-state index in [1.165, 1.54) is 32.1 Å². The highest BCUT2D eigenvalue weighted by molar-refractivity contribution is 5.97. The maximum atomic E-state index is 14.2. The minimum absolute atomic E-state index is 0.0254. The second kappa shape index (κ2) is 19.5. The fraction of sp³-hybridized carbons (Fsp3) is 0.842. The highest BCUT2D eigenvalue weighted by atomic mass is 16.2. The molecule has 0 radical (unpaired) electrons. The summed E-state index contributed by atoms with van der Waals surface area (Å²) in [6, 6.07) is -1.53. The lowest BCUT2D eigenvalue weighted by Crippen LogP contribution is -2.60. The molecule has 0 aromatic rings. The van der Waals surface area contributed by atoms with E-state index in [-0.39, 0.29) is 47.7 Å². The third kappa shape index (κ3) is 12.2. The van der Waals surface area contributed by atoms with E-state index in [2.05, 4.69) is 36.3 Å². The van der Waals surface area contributed by atoms with Gasteiger partial charge in [-0.25, -0.2) is 0 Å². The summed E-state index contributed by atoms with van der Waals surface area (Å²) >= 11 is 0. The van der Waals surface area contributed by atoms with Crippen LogP contribution in [0.5, 0.6) is 0 Å². The van der Waals surface area contributed by atoms with E-state index in [9.17, 15) is 19.2 Å². The number of nitrogens with zero attached hydrogens (tertiary/aromatic N) is 3. The van der Waals surface area contributed by atoms with Crippen molar-refractivity contribution in [3.63, 3.8) is 0 Å². The van der Waals surface area contributed by atoms with Gasteiger partial charge in [-0.2, -0.15) is 0 Å². The maximum Gasteiger partial charge on any atom is 0.249 e. The standard InChI is InChI=1S/C38H69N5O4/c1-11-12-13-14-15-16-18-23-39-34(44)30-22-20-25-43(30)36(46)29(6)26-32(27(2)3)41(10)37(47)33(38(7,8)9)40-35(45)31-21-17-19-24-42(31)28(4)5/h26-28,30-33H,11-25H2,1-10H3,(H,39,44)(H,40,45)/t30-,31+,32?,33+/m0/s1. The van der Waals surface area contributed by atoms with Crippen molar-refractivity contribution in [2.24, 2.45) is 11.3 Å². The Bertz CT molecular complexity index is 1050. The molecule has 9 heteroatoms. The lowest BCUT2D eigenvalue weighted by atomic mass is 9.84. The van der Waals surface area contributed by atoms with Gasteiger partial charge in [0.05, 0.1) is 12.1 Å². The van der Waals surface area contributed by atoms with Gasteiger partial charge in [-0.3, -0.25) is 24.1 Å². The number of carbonyl (C=O) groups excluding carboxylic acids is 4. The zero-order valence-electron chi connectivity index (χ0n) is 31.6. The molecule has 2 aliphatic rings. The Kier molecular flexibility index (Phi) is 16.9. The fourth-order valence-corrected chi connectivity index (χ4v) is 7.09. The fourth-order valence-electron chi connectivity index (χ4n) is 7.09. The van der Waals surface area contributed by atoms with Gasteiger partial charge < -0.3 is 20.4 Å². The van der Waals surface area contributed by atoms with E-state index in [1.807, 2.05) is 40.7 Å². The predicted octanol–water partition coefficient (Wildman–Crippen LogP) is 6.07. The molecule has 1 unspecified atom stereocenters. The van der Waals surface area contributed by atoms with Crippen LogP contribution in [0.2, 0.25) is 0 Å². The molecule has 9 nitrogen and oxygen atoms in total. The van der Waals surface area contributed by atoms with Gasteiger partial charge in [0.25, 0.3) is 0 Å². The molecule has 0 bridgehead atoms. The molecule has 2 N–H and O–H groups in total. The van der Waals surface area contributed by atoms with Gasteiger partial charge in [0.1, 0.15) is 12.1 Å². The van der Waals surface area contributed by atoms with Crippen LogP contribution < -0.4 is 10.6 Å². The summed E-state index contributed by atoms with van der Waals surface area (Å²) in [7, 11) is 1.77. The van der Waals surface area contributed by atoms with Crippen molar-refractivity contribution in [2.75, 3.05) is 26.7 Å². The van der Waals surface area contributed by atoms with E-state index in [0.717, 1.165) is 45.1 Å². The molecule has 2 aliphatic heterocycles. The van der Waals surface area contributed by atoms with Crippen LogP contribution >= 0.6 is 0 Å². The molecule has 0 aromatic heterocycles. The number of nitrogens with one attached hydrogen (secondary N) is 2. The van der Waals surface area contributed by atoms with Crippen molar-refractivity contribution in [1.29, 1.82) is 0 Å². The molecule has 4 atom stereocenters. The Morgan fingerprint density at radius 2 is 1.47 bits per heavy atom. The molecule has 2 heterocycles. The largest absolute Gasteiger partial charge is 0.354 e. The number of hydrogen-bond acceptors (Lipinski definition) is 5. The van der Waals surface area contributed by atoms with Crippen LogP contribution in [0.4, 0.5) is 0 Å². The number of piperidine rings is 1. The molecule has 2 fully saturated rings. The van der Waals surface area contributed by atoms with Crippen molar-refractivity contribution in [2.45, 2.75) is 170 Å². The number of likely N-dealkylation sites (tertiary alicyclic amines) is 2. The number of carbonyl (C=O) groups is 4. The Labute approximate surface area is 287 Å². The third-order valence-electron chi connectivity index (χ3n) is 10.0. The molecule has 0 saturated carbocycles. The van der Waals surface area contributed by atoms with Gasteiger partial charge >= 0.3 is 0 Å². The van der Waals surface area contributed by atoms with Crippen molar-refractivity contribution in [3.05, 3.63) is 11.6 Å².